The van der Waals surface area contributed by atoms with E-state index in [2.05, 4.69) is 0 Å². The van der Waals surface area contributed by atoms with Gasteiger partial charge in [-0.25, -0.2) is 12.8 Å². The van der Waals surface area contributed by atoms with E-state index in [1.54, 1.807) is 29.2 Å². The number of nitrogens with zero attached hydrogens (tertiary/aromatic N) is 2. The fourth-order valence-electron chi connectivity index (χ4n) is 5.96. The molecule has 0 radical (unpaired) electrons. The molecule has 0 unspecified atom stereocenters. The van der Waals surface area contributed by atoms with Gasteiger partial charge in [-0.3, -0.25) is 9.10 Å². The summed E-state index contributed by atoms with van der Waals surface area (Å²) in [6.07, 6.45) is 3.76. The maximum Gasteiger partial charge on any atom is 0.253 e. The van der Waals surface area contributed by atoms with Crippen molar-refractivity contribution in [2.24, 2.45) is 5.92 Å². The van der Waals surface area contributed by atoms with E-state index >= 15 is 4.39 Å². The van der Waals surface area contributed by atoms with Gasteiger partial charge in [0.05, 0.1) is 29.6 Å². The zero-order valence-corrected chi connectivity index (χ0v) is 27.3. The van der Waals surface area contributed by atoms with Gasteiger partial charge in [0, 0.05) is 16.0 Å². The quantitative estimate of drug-likeness (QED) is 0.195. The van der Waals surface area contributed by atoms with E-state index in [0.29, 0.717) is 29.3 Å². The third-order valence-electron chi connectivity index (χ3n) is 8.35. The summed E-state index contributed by atoms with van der Waals surface area (Å²) in [5.74, 6) is -1.18. The van der Waals surface area contributed by atoms with E-state index in [1.165, 1.54) is 22.5 Å². The zero-order chi connectivity index (χ0) is 31.6. The Labute approximate surface area is 269 Å². The first-order chi connectivity index (χ1) is 21.1. The second-order valence-corrected chi connectivity index (χ2v) is 14.5. The van der Waals surface area contributed by atoms with Crippen LogP contribution in [0.5, 0.6) is 0 Å². The van der Waals surface area contributed by atoms with Gasteiger partial charge in [-0.15, -0.1) is 0 Å². The average Bonchev–Trinajstić information content (AvgIpc) is 3.86. The first-order valence-electron chi connectivity index (χ1n) is 14.9. The molecule has 0 aromatic heterocycles. The lowest BCUT2D eigenvalue weighted by Gasteiger charge is -2.49. The number of ether oxygens (including phenoxy) is 1. The number of morpholine rings is 1. The van der Waals surface area contributed by atoms with Gasteiger partial charge in [-0.2, -0.15) is 0 Å². The number of hydrogen-bond acceptors (Lipinski definition) is 4. The summed E-state index contributed by atoms with van der Waals surface area (Å²) in [4.78, 5) is 16.4. The van der Waals surface area contributed by atoms with Crippen molar-refractivity contribution in [3.05, 3.63) is 112 Å². The Hall–Kier alpha value is -2.91. The summed E-state index contributed by atoms with van der Waals surface area (Å²) < 4.78 is 50.7. The molecule has 1 saturated carbocycles. The van der Waals surface area contributed by atoms with Crippen molar-refractivity contribution in [2.45, 2.75) is 69.6 Å². The van der Waals surface area contributed by atoms with E-state index in [-0.39, 0.29) is 24.1 Å². The fourth-order valence-corrected chi connectivity index (χ4v) is 8.18. The molecular formula is C34H37Cl2FN2O4S. The van der Waals surface area contributed by atoms with Crippen LogP contribution in [0.4, 0.5) is 10.1 Å². The minimum absolute atomic E-state index is 0.0215. The lowest BCUT2D eigenvalue weighted by atomic mass is 9.88. The molecule has 1 aliphatic heterocycles. The van der Waals surface area contributed by atoms with Crippen LogP contribution in [0.1, 0.15) is 63.3 Å². The van der Waals surface area contributed by atoms with Gasteiger partial charge in [0.15, 0.2) is 0 Å². The Morgan fingerprint density at radius 2 is 1.73 bits per heavy atom. The summed E-state index contributed by atoms with van der Waals surface area (Å²) >= 11 is 12.7. The van der Waals surface area contributed by atoms with Crippen LogP contribution in [0.15, 0.2) is 84.9 Å². The Bertz CT molecular complexity index is 1610. The van der Waals surface area contributed by atoms with Crippen LogP contribution in [0.2, 0.25) is 10.0 Å². The number of allylic oxidation sites excluding steroid dienone is 1. The molecule has 1 aliphatic carbocycles. The van der Waals surface area contributed by atoms with Crippen LogP contribution >= 0.6 is 23.2 Å². The van der Waals surface area contributed by atoms with Crippen LogP contribution in [0.3, 0.4) is 0 Å². The fraction of sp³-hybridized carbons (Fsp3) is 0.382. The Kier molecular flexibility index (Phi) is 10.0. The highest BCUT2D eigenvalue weighted by Crippen LogP contribution is 2.46. The van der Waals surface area contributed by atoms with E-state index in [9.17, 15) is 13.2 Å². The summed E-state index contributed by atoms with van der Waals surface area (Å²) in [7, 11) is -3.88. The van der Waals surface area contributed by atoms with Gasteiger partial charge in [0.2, 0.25) is 10.0 Å². The molecule has 0 bridgehead atoms. The maximum atomic E-state index is 15.2. The van der Waals surface area contributed by atoms with Crippen LogP contribution in [-0.2, 0) is 19.6 Å². The van der Waals surface area contributed by atoms with Gasteiger partial charge in [-0.05, 0) is 73.7 Å². The van der Waals surface area contributed by atoms with Gasteiger partial charge in [0.1, 0.15) is 18.0 Å². The van der Waals surface area contributed by atoms with Crippen molar-refractivity contribution >= 4 is 44.8 Å². The monoisotopic (exact) mass is 658 g/mol. The number of para-hydroxylation sites is 1. The molecule has 0 spiro atoms. The highest BCUT2D eigenvalue weighted by molar-refractivity contribution is 7.93. The van der Waals surface area contributed by atoms with Gasteiger partial charge < -0.3 is 9.64 Å². The largest absolute Gasteiger partial charge is 0.357 e. The molecule has 3 aromatic rings. The van der Waals surface area contributed by atoms with Gasteiger partial charge >= 0.3 is 0 Å². The smallest absolute Gasteiger partial charge is 0.253 e. The number of amides is 1. The molecule has 2 fully saturated rings. The molecule has 234 valence electrons. The first-order valence-corrected chi connectivity index (χ1v) is 17.2. The van der Waals surface area contributed by atoms with E-state index in [0.717, 1.165) is 11.1 Å². The molecule has 1 amide bonds. The van der Waals surface area contributed by atoms with Crippen LogP contribution < -0.4 is 4.31 Å². The number of carbonyl (C=O) groups excluding carboxylic acids is 1. The molecule has 6 nitrogen and oxygen atoms in total. The zero-order valence-electron chi connectivity index (χ0n) is 24.9. The topological polar surface area (TPSA) is 66.9 Å². The van der Waals surface area contributed by atoms with E-state index in [1.807, 2.05) is 63.3 Å². The second-order valence-electron chi connectivity index (χ2n) is 11.4. The summed E-state index contributed by atoms with van der Waals surface area (Å²) in [5.41, 5.74) is 1.52. The Balaban J connectivity index is 1.67. The van der Waals surface area contributed by atoms with Crippen LogP contribution in [0.25, 0.3) is 0 Å². The standard InChI is InChI=1S/C34H37Cl2FN2O4S/c1-4-9-22(3)32-34(40)39(27(5-2)21-38(44(41,42)28-18-19-28)30-13-7-6-12-29(30)37)31(23-14-16-25(35)17-15-23)33(43-32)24-10-8-11-26(36)20-24/h4,6-17,20,22,27-28,31-33H,5,18-19,21H2,1-3H3/b9-4+/t22-,27-,31-,32+,33-/m1/s1. The Morgan fingerprint density at radius 3 is 2.34 bits per heavy atom. The summed E-state index contributed by atoms with van der Waals surface area (Å²) in [5, 5.41) is 0.486. The third-order valence-corrected chi connectivity index (χ3v) is 11.1. The van der Waals surface area contributed by atoms with Crippen molar-refractivity contribution < 1.29 is 22.3 Å². The van der Waals surface area contributed by atoms with Gasteiger partial charge in [0.25, 0.3) is 5.91 Å². The van der Waals surface area contributed by atoms with Crippen LogP contribution in [0, 0.1) is 11.7 Å². The molecule has 0 N–H and O–H groups in total. The molecule has 5 rings (SSSR count). The van der Waals surface area contributed by atoms with Crippen molar-refractivity contribution in [3.63, 3.8) is 0 Å². The van der Waals surface area contributed by atoms with Gasteiger partial charge in [-0.1, -0.05) is 85.6 Å². The predicted octanol–water partition coefficient (Wildman–Crippen LogP) is 8.13. The number of carbonyl (C=O) groups is 1. The SMILES string of the molecule is C/C=C/[C@@H](C)[C@@H]1O[C@H](c2cccc(Cl)c2)[C@@H](c2ccc(Cl)cc2)N([C@H](CC)CN(c2ccccc2F)S(=O)(=O)C2CC2)C1=O. The minimum atomic E-state index is -3.88. The lowest BCUT2D eigenvalue weighted by molar-refractivity contribution is -0.183. The number of sulfonamides is 1. The normalized spacial score (nSPS) is 22.3. The van der Waals surface area contributed by atoms with Crippen molar-refractivity contribution in [3.8, 4) is 0 Å². The molecule has 44 heavy (non-hydrogen) atoms. The number of anilines is 1. The molecule has 5 atom stereocenters. The Morgan fingerprint density at radius 1 is 1.02 bits per heavy atom. The average molecular weight is 660 g/mol. The van der Waals surface area contributed by atoms with E-state index < -0.39 is 45.4 Å². The minimum Gasteiger partial charge on any atom is -0.357 e. The molecule has 1 saturated heterocycles. The lowest BCUT2D eigenvalue weighted by Crippen LogP contribution is -2.59. The van der Waals surface area contributed by atoms with Crippen molar-refractivity contribution in [2.75, 3.05) is 10.8 Å². The second kappa shape index (κ2) is 13.6. The third kappa shape index (κ3) is 6.69. The molecule has 10 heteroatoms. The number of halogens is 3. The highest BCUT2D eigenvalue weighted by atomic mass is 35.5. The molecule has 1 heterocycles. The van der Waals surface area contributed by atoms with Crippen LogP contribution in [-0.4, -0.2) is 43.2 Å². The van der Waals surface area contributed by atoms with E-state index in [4.69, 9.17) is 27.9 Å². The van der Waals surface area contributed by atoms with Crippen molar-refractivity contribution in [1.29, 1.82) is 0 Å². The predicted molar refractivity (Wildman–Crippen MR) is 174 cm³/mol. The highest BCUT2D eigenvalue weighted by Gasteiger charge is 2.49. The maximum absolute atomic E-state index is 15.2. The number of rotatable bonds is 11. The van der Waals surface area contributed by atoms with Crippen molar-refractivity contribution in [1.82, 2.24) is 4.90 Å². The number of hydrogen-bond donors (Lipinski definition) is 0. The molecular weight excluding hydrogens is 622 g/mol. The number of benzene rings is 3. The molecule has 2 aliphatic rings. The summed E-state index contributed by atoms with van der Waals surface area (Å²) in [6, 6.07) is 19.2. The summed E-state index contributed by atoms with van der Waals surface area (Å²) in [6.45, 7) is 5.60. The molecule has 3 aromatic carbocycles. The first kappa shape index (κ1) is 32.5.